The first-order chi connectivity index (χ1) is 14.2. The molecule has 0 bridgehead atoms. The van der Waals surface area contributed by atoms with E-state index in [-0.39, 0.29) is 5.92 Å². The number of benzene rings is 3. The van der Waals surface area contributed by atoms with Crippen molar-refractivity contribution >= 4 is 29.0 Å². The Kier molecular flexibility index (Phi) is 5.28. The van der Waals surface area contributed by atoms with E-state index >= 15 is 0 Å². The Morgan fingerprint density at radius 2 is 1.62 bits per heavy atom. The summed E-state index contributed by atoms with van der Waals surface area (Å²) in [6.07, 6.45) is 1.97. The number of amides is 2. The largest absolute Gasteiger partial charge is 0.358 e. The first-order valence-electron chi connectivity index (χ1n) is 9.13. The summed E-state index contributed by atoms with van der Waals surface area (Å²) in [7, 11) is 0. The third-order valence-electron chi connectivity index (χ3n) is 4.78. The molecule has 1 heterocycles. The number of anilines is 1. The minimum atomic E-state index is -0.483. The van der Waals surface area contributed by atoms with Crippen molar-refractivity contribution in [2.45, 2.75) is 5.92 Å². The predicted molar refractivity (Wildman–Crippen MR) is 114 cm³/mol. The van der Waals surface area contributed by atoms with Crippen molar-refractivity contribution in [2.24, 2.45) is 5.10 Å². The van der Waals surface area contributed by atoms with Gasteiger partial charge in [-0.05, 0) is 35.4 Å². The van der Waals surface area contributed by atoms with Gasteiger partial charge in [-0.25, -0.2) is 9.80 Å². The van der Waals surface area contributed by atoms with Gasteiger partial charge in [-0.15, -0.1) is 0 Å². The van der Waals surface area contributed by atoms with Crippen LogP contribution in [-0.2, 0) is 0 Å². The number of rotatable bonds is 3. The number of nitrogens with zero attached hydrogens (tertiary/aromatic N) is 4. The molecule has 0 fully saturated rings. The van der Waals surface area contributed by atoms with Gasteiger partial charge < -0.3 is 0 Å². The van der Waals surface area contributed by atoms with Crippen molar-refractivity contribution in [1.82, 2.24) is 5.01 Å². The normalized spacial score (nSPS) is 15.5. The highest BCUT2D eigenvalue weighted by molar-refractivity contribution is 6.30. The van der Waals surface area contributed by atoms with Crippen LogP contribution in [0.2, 0.25) is 5.02 Å². The average Bonchev–Trinajstić information content (AvgIpc) is 3.22. The molecular weight excluding hydrogens is 384 g/mol. The minimum absolute atomic E-state index is 0.0994. The van der Waals surface area contributed by atoms with Gasteiger partial charge in [0.1, 0.15) is 0 Å². The van der Waals surface area contributed by atoms with Crippen LogP contribution in [0, 0.1) is 11.5 Å². The second-order valence-electron chi connectivity index (χ2n) is 6.59. The lowest BCUT2D eigenvalue weighted by molar-refractivity contribution is 0.213. The van der Waals surface area contributed by atoms with E-state index in [9.17, 15) is 10.1 Å². The molecule has 29 heavy (non-hydrogen) atoms. The molecule has 5 nitrogen and oxygen atoms in total. The Balaban J connectivity index is 1.70. The van der Waals surface area contributed by atoms with Gasteiger partial charge in [0.15, 0.2) is 6.19 Å². The van der Waals surface area contributed by atoms with Crippen LogP contribution in [0.5, 0.6) is 0 Å². The number of halogens is 1. The zero-order valence-electron chi connectivity index (χ0n) is 15.4. The zero-order chi connectivity index (χ0) is 20.2. The Morgan fingerprint density at radius 1 is 1.00 bits per heavy atom. The summed E-state index contributed by atoms with van der Waals surface area (Å²) in [4.78, 5) is 14.1. The number of carbonyl (C=O) groups is 1. The average molecular weight is 401 g/mol. The third-order valence-corrected chi connectivity index (χ3v) is 5.03. The second kappa shape index (κ2) is 8.17. The van der Waals surface area contributed by atoms with Crippen LogP contribution in [0.4, 0.5) is 10.5 Å². The Morgan fingerprint density at radius 3 is 2.24 bits per heavy atom. The lowest BCUT2D eigenvalue weighted by Gasteiger charge is -2.20. The van der Waals surface area contributed by atoms with Crippen molar-refractivity contribution in [3.63, 3.8) is 0 Å². The molecule has 0 saturated carbocycles. The molecule has 0 radical (unpaired) electrons. The Labute approximate surface area is 174 Å². The molecule has 4 rings (SSSR count). The molecule has 0 N–H and O–H groups in total. The van der Waals surface area contributed by atoms with Crippen molar-refractivity contribution in [3.05, 3.63) is 101 Å². The monoisotopic (exact) mass is 400 g/mol. The second-order valence-corrected chi connectivity index (χ2v) is 7.03. The summed E-state index contributed by atoms with van der Waals surface area (Å²) < 4.78 is 0. The van der Waals surface area contributed by atoms with Crippen molar-refractivity contribution in [2.75, 3.05) is 11.4 Å². The number of hydrogen-bond acceptors (Lipinski definition) is 3. The molecule has 6 heteroatoms. The van der Waals surface area contributed by atoms with Crippen LogP contribution in [0.25, 0.3) is 0 Å². The van der Waals surface area contributed by atoms with E-state index in [2.05, 4.69) is 5.10 Å². The fourth-order valence-corrected chi connectivity index (χ4v) is 3.48. The van der Waals surface area contributed by atoms with Gasteiger partial charge in [-0.1, -0.05) is 72.3 Å². The summed E-state index contributed by atoms with van der Waals surface area (Å²) in [6.45, 7) is 0.353. The lowest BCUT2D eigenvalue weighted by atomic mass is 9.91. The highest BCUT2D eigenvalue weighted by Crippen LogP contribution is 2.30. The molecule has 0 aromatic heterocycles. The van der Waals surface area contributed by atoms with Crippen LogP contribution in [0.1, 0.15) is 17.0 Å². The molecule has 2 amide bonds. The fourth-order valence-electron chi connectivity index (χ4n) is 3.35. The summed E-state index contributed by atoms with van der Waals surface area (Å²) in [5.41, 5.74) is 3.22. The number of hydrogen-bond donors (Lipinski definition) is 0. The molecule has 0 saturated heterocycles. The highest BCUT2D eigenvalue weighted by atomic mass is 35.5. The smallest absolute Gasteiger partial charge is 0.245 e. The lowest BCUT2D eigenvalue weighted by Crippen LogP contribution is -2.37. The molecule has 0 aliphatic carbocycles. The van der Waals surface area contributed by atoms with Crippen LogP contribution < -0.4 is 4.90 Å². The molecule has 1 aliphatic rings. The van der Waals surface area contributed by atoms with E-state index in [1.165, 1.54) is 5.01 Å². The van der Waals surface area contributed by atoms with E-state index in [4.69, 9.17) is 11.6 Å². The Bertz CT molecular complexity index is 1080. The van der Waals surface area contributed by atoms with Crippen LogP contribution in [0.3, 0.4) is 0 Å². The number of nitriles is 1. The van der Waals surface area contributed by atoms with Gasteiger partial charge in [0, 0.05) is 10.9 Å². The van der Waals surface area contributed by atoms with Gasteiger partial charge in [0.05, 0.1) is 17.9 Å². The number of para-hydroxylation sites is 1. The topological polar surface area (TPSA) is 59.7 Å². The van der Waals surface area contributed by atoms with Crippen molar-refractivity contribution in [1.29, 1.82) is 5.26 Å². The standard InChI is InChI=1S/C23H17ClN4O/c24-19-13-11-18(12-14-19)22-21(17-7-3-1-4-8-17)15-28(26-22)23(29)27(16-25)20-9-5-2-6-10-20/h1-14,21H,15H2. The summed E-state index contributed by atoms with van der Waals surface area (Å²) in [6, 6.07) is 25.7. The number of hydrazone groups is 1. The van der Waals surface area contributed by atoms with Crippen molar-refractivity contribution < 1.29 is 4.79 Å². The maximum Gasteiger partial charge on any atom is 0.358 e. The zero-order valence-corrected chi connectivity index (χ0v) is 16.2. The van der Waals surface area contributed by atoms with E-state index < -0.39 is 6.03 Å². The van der Waals surface area contributed by atoms with Crippen LogP contribution in [0.15, 0.2) is 90.0 Å². The maximum absolute atomic E-state index is 13.1. The minimum Gasteiger partial charge on any atom is -0.245 e. The Hall–Kier alpha value is -3.62. The van der Waals surface area contributed by atoms with Crippen molar-refractivity contribution in [3.8, 4) is 6.19 Å². The molecule has 3 aromatic carbocycles. The van der Waals surface area contributed by atoms with Crippen LogP contribution >= 0.6 is 11.6 Å². The first-order valence-corrected chi connectivity index (χ1v) is 9.51. The van der Waals surface area contributed by atoms with Gasteiger partial charge in [0.2, 0.25) is 0 Å². The molecule has 1 atom stereocenters. The summed E-state index contributed by atoms with van der Waals surface area (Å²) >= 11 is 6.03. The number of urea groups is 1. The predicted octanol–water partition coefficient (Wildman–Crippen LogP) is 5.25. The maximum atomic E-state index is 13.1. The van der Waals surface area contributed by atoms with Crippen LogP contribution in [-0.4, -0.2) is 23.3 Å². The molecule has 0 spiro atoms. The molecule has 1 unspecified atom stereocenters. The summed E-state index contributed by atoms with van der Waals surface area (Å²) in [5.74, 6) is -0.0994. The fraction of sp³-hybridized carbons (Fsp3) is 0.0870. The highest BCUT2D eigenvalue weighted by Gasteiger charge is 2.34. The van der Waals surface area contributed by atoms with E-state index in [0.29, 0.717) is 17.3 Å². The molecule has 1 aliphatic heterocycles. The molecule has 142 valence electrons. The molecular formula is C23H17ClN4O. The summed E-state index contributed by atoms with van der Waals surface area (Å²) in [5, 5.41) is 16.2. The van der Waals surface area contributed by atoms with E-state index in [1.807, 2.05) is 54.7 Å². The van der Waals surface area contributed by atoms with E-state index in [1.54, 1.807) is 36.4 Å². The first kappa shape index (κ1) is 18.7. The van der Waals surface area contributed by atoms with E-state index in [0.717, 1.165) is 21.7 Å². The van der Waals surface area contributed by atoms with Gasteiger partial charge in [-0.2, -0.15) is 15.3 Å². The quantitative estimate of drug-likeness (QED) is 0.445. The molecule has 3 aromatic rings. The van der Waals surface area contributed by atoms with Gasteiger partial charge >= 0.3 is 6.03 Å². The number of carbonyl (C=O) groups excluding carboxylic acids is 1. The van der Waals surface area contributed by atoms with Gasteiger partial charge in [0.25, 0.3) is 0 Å². The SMILES string of the molecule is N#CN(C(=O)N1CC(c2ccccc2)C(c2ccc(Cl)cc2)=N1)c1ccccc1. The van der Waals surface area contributed by atoms with Gasteiger partial charge in [-0.3, -0.25) is 0 Å². The third kappa shape index (κ3) is 3.84.